The van der Waals surface area contributed by atoms with Gasteiger partial charge in [-0.2, -0.15) is 0 Å². The summed E-state index contributed by atoms with van der Waals surface area (Å²) in [4.78, 5) is 26.5. The largest absolute Gasteiger partial charge is 0.357 e. The Bertz CT molecular complexity index is 848. The van der Waals surface area contributed by atoms with Gasteiger partial charge in [-0.1, -0.05) is 53.0 Å². The van der Waals surface area contributed by atoms with Crippen LogP contribution >= 0.6 is 46.6 Å². The molecule has 0 spiro atoms. The van der Waals surface area contributed by atoms with Crippen LogP contribution < -0.4 is 5.32 Å². The number of thioether (sulfide) groups is 1. The predicted molar refractivity (Wildman–Crippen MR) is 118 cm³/mol. The van der Waals surface area contributed by atoms with Crippen molar-refractivity contribution in [3.8, 4) is 0 Å². The number of carbonyl (C=O) groups is 2. The van der Waals surface area contributed by atoms with Crippen LogP contribution in [0.25, 0.3) is 0 Å². The molecular weight excluding hydrogens is 439 g/mol. The molecular formula is C20H21Cl3N2O2S. The quantitative estimate of drug-likeness (QED) is 0.601. The Morgan fingerprint density at radius 3 is 2.46 bits per heavy atom. The Balaban J connectivity index is 2.06. The first kappa shape index (κ1) is 22.9. The molecule has 2 aromatic rings. The molecule has 2 aromatic carbocycles. The Kier molecular flexibility index (Phi) is 8.96. The molecule has 150 valence electrons. The van der Waals surface area contributed by atoms with E-state index in [1.54, 1.807) is 43.1 Å². The predicted octanol–water partition coefficient (Wildman–Crippen LogP) is 5.04. The zero-order chi connectivity index (χ0) is 20.7. The third-order valence-electron chi connectivity index (χ3n) is 4.15. The van der Waals surface area contributed by atoms with Crippen LogP contribution in [0, 0.1) is 0 Å². The first-order valence-corrected chi connectivity index (χ1v) is 10.9. The van der Waals surface area contributed by atoms with Crippen molar-refractivity contribution in [2.24, 2.45) is 0 Å². The standard InChI is InChI=1S/C20H21Cl3N2O2S/c1-13(20(27)24-2)25(10-14-4-3-5-16(21)8-14)19(26)12-28-11-15-6-7-17(22)9-18(15)23/h3-9,13H,10-12H2,1-2H3,(H,24,27)/t13-/m0/s1. The van der Waals surface area contributed by atoms with E-state index in [0.29, 0.717) is 27.4 Å². The summed E-state index contributed by atoms with van der Waals surface area (Å²) in [6.45, 7) is 2.01. The molecule has 1 atom stereocenters. The third kappa shape index (κ3) is 6.59. The Morgan fingerprint density at radius 2 is 1.82 bits per heavy atom. The van der Waals surface area contributed by atoms with Crippen LogP contribution in [0.5, 0.6) is 0 Å². The number of hydrogen-bond acceptors (Lipinski definition) is 3. The Hall–Kier alpha value is -1.40. The van der Waals surface area contributed by atoms with Crippen molar-refractivity contribution in [2.45, 2.75) is 25.3 Å². The highest BCUT2D eigenvalue weighted by Gasteiger charge is 2.25. The molecule has 28 heavy (non-hydrogen) atoms. The van der Waals surface area contributed by atoms with Crippen molar-refractivity contribution >= 4 is 58.4 Å². The maximum Gasteiger partial charge on any atom is 0.242 e. The van der Waals surface area contributed by atoms with E-state index in [1.807, 2.05) is 18.2 Å². The average molecular weight is 460 g/mol. The molecule has 0 unspecified atom stereocenters. The van der Waals surface area contributed by atoms with Gasteiger partial charge in [0.1, 0.15) is 6.04 Å². The van der Waals surface area contributed by atoms with Crippen LogP contribution in [0.15, 0.2) is 42.5 Å². The maximum absolute atomic E-state index is 12.9. The zero-order valence-electron chi connectivity index (χ0n) is 15.5. The summed E-state index contributed by atoms with van der Waals surface area (Å²) in [6, 6.07) is 12.0. The second-order valence-corrected chi connectivity index (χ2v) is 8.44. The fraction of sp³-hybridized carbons (Fsp3) is 0.300. The van der Waals surface area contributed by atoms with Gasteiger partial charge in [0.15, 0.2) is 0 Å². The lowest BCUT2D eigenvalue weighted by molar-refractivity contribution is -0.138. The third-order valence-corrected chi connectivity index (χ3v) is 5.94. The van der Waals surface area contributed by atoms with Crippen molar-refractivity contribution in [3.05, 3.63) is 68.7 Å². The molecule has 0 saturated carbocycles. The number of likely N-dealkylation sites (N-methyl/N-ethyl adjacent to an activating group) is 1. The molecule has 0 radical (unpaired) electrons. The van der Waals surface area contributed by atoms with E-state index in [4.69, 9.17) is 34.8 Å². The molecule has 8 heteroatoms. The number of amides is 2. The summed E-state index contributed by atoms with van der Waals surface area (Å²) in [6.07, 6.45) is 0. The summed E-state index contributed by atoms with van der Waals surface area (Å²) in [5.41, 5.74) is 1.77. The van der Waals surface area contributed by atoms with Gasteiger partial charge in [-0.3, -0.25) is 9.59 Å². The molecule has 0 aromatic heterocycles. The van der Waals surface area contributed by atoms with Gasteiger partial charge in [-0.05, 0) is 42.3 Å². The molecule has 0 fully saturated rings. The molecule has 0 aliphatic carbocycles. The van der Waals surface area contributed by atoms with Gasteiger partial charge in [0.25, 0.3) is 0 Å². The fourth-order valence-electron chi connectivity index (χ4n) is 2.59. The lowest BCUT2D eigenvalue weighted by Gasteiger charge is -2.28. The van der Waals surface area contributed by atoms with Crippen molar-refractivity contribution < 1.29 is 9.59 Å². The minimum atomic E-state index is -0.601. The van der Waals surface area contributed by atoms with E-state index in [2.05, 4.69) is 5.32 Å². The summed E-state index contributed by atoms with van der Waals surface area (Å²) < 4.78 is 0. The number of hydrogen-bond donors (Lipinski definition) is 1. The summed E-state index contributed by atoms with van der Waals surface area (Å²) >= 11 is 19.6. The van der Waals surface area contributed by atoms with Crippen LogP contribution in [0.4, 0.5) is 0 Å². The highest BCUT2D eigenvalue weighted by molar-refractivity contribution is 7.99. The van der Waals surface area contributed by atoms with Crippen LogP contribution in [-0.4, -0.2) is 35.6 Å². The fourth-order valence-corrected chi connectivity index (χ4v) is 4.28. The molecule has 4 nitrogen and oxygen atoms in total. The lowest BCUT2D eigenvalue weighted by atomic mass is 10.1. The molecule has 0 aliphatic heterocycles. The van der Waals surface area contributed by atoms with Gasteiger partial charge < -0.3 is 10.2 Å². The minimum Gasteiger partial charge on any atom is -0.357 e. The van der Waals surface area contributed by atoms with E-state index < -0.39 is 6.04 Å². The normalized spacial score (nSPS) is 11.8. The molecule has 0 aliphatic rings. The van der Waals surface area contributed by atoms with E-state index in [9.17, 15) is 9.59 Å². The second-order valence-electron chi connectivity index (χ2n) is 6.17. The molecule has 0 saturated heterocycles. The molecule has 1 N–H and O–H groups in total. The first-order chi connectivity index (χ1) is 13.3. The average Bonchev–Trinajstić information content (AvgIpc) is 2.66. The molecule has 0 bridgehead atoms. The Morgan fingerprint density at radius 1 is 1.11 bits per heavy atom. The van der Waals surface area contributed by atoms with Crippen molar-refractivity contribution in [1.29, 1.82) is 0 Å². The van der Waals surface area contributed by atoms with Gasteiger partial charge in [0, 0.05) is 34.4 Å². The Labute approximate surface area is 184 Å². The minimum absolute atomic E-state index is 0.133. The van der Waals surface area contributed by atoms with Gasteiger partial charge in [-0.15, -0.1) is 11.8 Å². The van der Waals surface area contributed by atoms with Crippen LogP contribution in [-0.2, 0) is 21.9 Å². The highest BCUT2D eigenvalue weighted by atomic mass is 35.5. The SMILES string of the molecule is CNC(=O)[C@H](C)N(Cc1cccc(Cl)c1)C(=O)CSCc1ccc(Cl)cc1Cl. The molecule has 0 heterocycles. The van der Waals surface area contributed by atoms with Crippen LogP contribution in [0.1, 0.15) is 18.1 Å². The zero-order valence-corrected chi connectivity index (χ0v) is 18.6. The van der Waals surface area contributed by atoms with Crippen molar-refractivity contribution in [2.75, 3.05) is 12.8 Å². The maximum atomic E-state index is 12.9. The number of carbonyl (C=O) groups excluding carboxylic acids is 2. The monoisotopic (exact) mass is 458 g/mol. The van der Waals surface area contributed by atoms with E-state index in [1.165, 1.54) is 11.8 Å². The molecule has 2 amide bonds. The smallest absolute Gasteiger partial charge is 0.242 e. The van der Waals surface area contributed by atoms with E-state index in [-0.39, 0.29) is 17.6 Å². The first-order valence-electron chi connectivity index (χ1n) is 8.59. The topological polar surface area (TPSA) is 49.4 Å². The summed E-state index contributed by atoms with van der Waals surface area (Å²) in [7, 11) is 1.55. The summed E-state index contributed by atoms with van der Waals surface area (Å²) in [5.74, 6) is 0.439. The summed E-state index contributed by atoms with van der Waals surface area (Å²) in [5, 5.41) is 4.33. The number of nitrogens with one attached hydrogen (secondary N) is 1. The van der Waals surface area contributed by atoms with E-state index >= 15 is 0 Å². The number of benzene rings is 2. The van der Waals surface area contributed by atoms with E-state index in [0.717, 1.165) is 11.1 Å². The lowest BCUT2D eigenvalue weighted by Crippen LogP contribution is -2.47. The number of rotatable bonds is 8. The number of nitrogens with zero attached hydrogens (tertiary/aromatic N) is 1. The second kappa shape index (κ2) is 11.0. The van der Waals surface area contributed by atoms with Gasteiger partial charge in [0.2, 0.25) is 11.8 Å². The molecule has 2 rings (SSSR count). The van der Waals surface area contributed by atoms with Gasteiger partial charge >= 0.3 is 0 Å². The van der Waals surface area contributed by atoms with Crippen LogP contribution in [0.3, 0.4) is 0 Å². The van der Waals surface area contributed by atoms with Gasteiger partial charge in [-0.25, -0.2) is 0 Å². The van der Waals surface area contributed by atoms with Crippen LogP contribution in [0.2, 0.25) is 15.1 Å². The van der Waals surface area contributed by atoms with Crippen molar-refractivity contribution in [1.82, 2.24) is 10.2 Å². The van der Waals surface area contributed by atoms with Crippen molar-refractivity contribution in [3.63, 3.8) is 0 Å². The number of halogens is 3. The highest BCUT2D eigenvalue weighted by Crippen LogP contribution is 2.25. The van der Waals surface area contributed by atoms with Gasteiger partial charge in [0.05, 0.1) is 5.75 Å².